The molecule has 0 saturated heterocycles. The van der Waals surface area contributed by atoms with Crippen molar-refractivity contribution >= 4 is 34.1 Å². The van der Waals surface area contributed by atoms with Crippen LogP contribution in [0.3, 0.4) is 0 Å². The molecule has 1 N–H and O–H groups in total. The Kier molecular flexibility index (Phi) is 6.59. The number of benzene rings is 2. The minimum Gasteiger partial charge on any atom is -0.308 e. The summed E-state index contributed by atoms with van der Waals surface area (Å²) in [4.78, 5) is 27.3. The second-order valence-corrected chi connectivity index (χ2v) is 8.00. The van der Waals surface area contributed by atoms with Crippen molar-refractivity contribution in [2.75, 3.05) is 11.9 Å². The average Bonchev–Trinajstić information content (AvgIpc) is 2.71. The molecule has 1 atom stereocenters. The monoisotopic (exact) mass is 451 g/mol. The molecule has 9 heteroatoms. The summed E-state index contributed by atoms with van der Waals surface area (Å²) < 4.78 is 42.6. The van der Waals surface area contributed by atoms with Gasteiger partial charge in [-0.15, -0.1) is 0 Å². The van der Waals surface area contributed by atoms with Crippen LogP contribution in [0.1, 0.15) is 26.9 Å². The molecule has 3 aromatic rings. The Bertz CT molecular complexity index is 1200. The van der Waals surface area contributed by atoms with Gasteiger partial charge in [0.15, 0.2) is 11.6 Å². The van der Waals surface area contributed by atoms with E-state index in [4.69, 9.17) is 11.6 Å². The Morgan fingerprint density at radius 3 is 2.42 bits per heavy atom. The van der Waals surface area contributed by atoms with E-state index in [2.05, 4.69) is 5.32 Å². The summed E-state index contributed by atoms with van der Waals surface area (Å²) >= 11 is 5.77. The predicted octanol–water partition coefficient (Wildman–Crippen LogP) is 5.78. The van der Waals surface area contributed by atoms with Gasteiger partial charge in [0.2, 0.25) is 0 Å². The highest BCUT2D eigenvalue weighted by atomic mass is 35.5. The van der Waals surface area contributed by atoms with Crippen molar-refractivity contribution in [2.24, 2.45) is 5.92 Å². The van der Waals surface area contributed by atoms with Crippen LogP contribution in [0, 0.1) is 23.4 Å². The number of hydrogen-bond acceptors (Lipinski definition) is 2. The molecule has 5 nitrogen and oxygen atoms in total. The maximum atomic E-state index is 14.3. The molecule has 0 aliphatic heterocycles. The number of pyridine rings is 1. The molecular formula is C22H21ClF3N3O2. The number of nitrogens with zero attached hydrogens (tertiary/aromatic N) is 2. The summed E-state index contributed by atoms with van der Waals surface area (Å²) in [6.07, 6.45) is 0.611. The number of hydrogen-bond donors (Lipinski definition) is 1. The maximum absolute atomic E-state index is 14.3. The lowest BCUT2D eigenvalue weighted by Crippen LogP contribution is -2.44. The lowest BCUT2D eigenvalue weighted by molar-refractivity contribution is 0.154. The average molecular weight is 452 g/mol. The Labute approximate surface area is 182 Å². The zero-order valence-electron chi connectivity index (χ0n) is 17.1. The Morgan fingerprint density at radius 2 is 1.77 bits per heavy atom. The first kappa shape index (κ1) is 22.7. The van der Waals surface area contributed by atoms with Crippen LogP contribution >= 0.6 is 11.6 Å². The highest BCUT2D eigenvalue weighted by molar-refractivity contribution is 6.31. The number of fused-ring (bicyclic) bond motifs is 1. The van der Waals surface area contributed by atoms with E-state index in [1.54, 1.807) is 6.92 Å². The molecule has 1 aromatic heterocycles. The van der Waals surface area contributed by atoms with Crippen molar-refractivity contribution in [1.29, 1.82) is 0 Å². The van der Waals surface area contributed by atoms with Gasteiger partial charge in [-0.3, -0.25) is 9.36 Å². The van der Waals surface area contributed by atoms with Crippen LogP contribution in [0.25, 0.3) is 10.8 Å². The molecule has 164 valence electrons. The number of aromatic nitrogens is 1. The van der Waals surface area contributed by atoms with E-state index in [-0.39, 0.29) is 33.9 Å². The van der Waals surface area contributed by atoms with Gasteiger partial charge in [-0.2, -0.15) is 0 Å². The molecule has 2 amide bonds. The van der Waals surface area contributed by atoms with Gasteiger partial charge in [0.25, 0.3) is 5.56 Å². The van der Waals surface area contributed by atoms with Crippen LogP contribution in [0.4, 0.5) is 23.7 Å². The fourth-order valence-corrected chi connectivity index (χ4v) is 3.47. The lowest BCUT2D eigenvalue weighted by atomic mass is 10.1. The molecule has 0 radical (unpaired) electrons. The second kappa shape index (κ2) is 9.01. The molecule has 31 heavy (non-hydrogen) atoms. The van der Waals surface area contributed by atoms with E-state index in [9.17, 15) is 22.8 Å². The van der Waals surface area contributed by atoms with Gasteiger partial charge in [0, 0.05) is 18.4 Å². The summed E-state index contributed by atoms with van der Waals surface area (Å²) in [5, 5.41) is 2.35. The highest BCUT2D eigenvalue weighted by Gasteiger charge is 2.25. The number of halogens is 4. The van der Waals surface area contributed by atoms with Crippen molar-refractivity contribution in [3.63, 3.8) is 0 Å². The quantitative estimate of drug-likeness (QED) is 0.534. The van der Waals surface area contributed by atoms with Crippen molar-refractivity contribution in [3.8, 4) is 0 Å². The van der Waals surface area contributed by atoms with Crippen molar-refractivity contribution in [1.82, 2.24) is 9.47 Å². The lowest BCUT2D eigenvalue weighted by Gasteiger charge is -2.32. The Morgan fingerprint density at radius 1 is 1.10 bits per heavy atom. The van der Waals surface area contributed by atoms with Gasteiger partial charge >= 0.3 is 6.03 Å². The second-order valence-electron chi connectivity index (χ2n) is 7.59. The first-order valence-electron chi connectivity index (χ1n) is 9.61. The van der Waals surface area contributed by atoms with Crippen molar-refractivity contribution in [3.05, 3.63) is 75.4 Å². The number of anilines is 1. The molecule has 0 unspecified atom stereocenters. The van der Waals surface area contributed by atoms with Crippen LogP contribution < -0.4 is 10.9 Å². The van der Waals surface area contributed by atoms with Crippen LogP contribution in [0.2, 0.25) is 5.02 Å². The molecule has 0 saturated carbocycles. The van der Waals surface area contributed by atoms with Gasteiger partial charge in [-0.1, -0.05) is 31.5 Å². The third-order valence-corrected chi connectivity index (χ3v) is 5.13. The fourth-order valence-electron chi connectivity index (χ4n) is 3.29. The van der Waals surface area contributed by atoms with Gasteiger partial charge in [0.1, 0.15) is 12.0 Å². The fraction of sp³-hybridized carbons (Fsp3) is 0.273. The Balaban J connectivity index is 1.99. The molecule has 0 aliphatic carbocycles. The summed E-state index contributed by atoms with van der Waals surface area (Å²) in [5.74, 6) is -2.94. The SMILES string of the molecule is CC(C)CN(C(=O)Nc1ccc(F)c(Cl)c1)[C@@H](C)n1ccc2ccc(F)c(F)c2c1=O. The predicted molar refractivity (Wildman–Crippen MR) is 115 cm³/mol. The van der Waals surface area contributed by atoms with Crippen LogP contribution in [0.15, 0.2) is 47.4 Å². The number of carbonyl (C=O) groups excluding carboxylic acids is 1. The molecule has 1 heterocycles. The van der Waals surface area contributed by atoms with E-state index in [1.807, 2.05) is 13.8 Å². The molecule has 0 aliphatic rings. The van der Waals surface area contributed by atoms with E-state index in [0.29, 0.717) is 0 Å². The zero-order chi connectivity index (χ0) is 22.9. The Hall–Kier alpha value is -3.00. The van der Waals surface area contributed by atoms with E-state index in [1.165, 1.54) is 39.9 Å². The number of urea groups is 1. The largest absolute Gasteiger partial charge is 0.323 e. The molecule has 0 fully saturated rings. The number of rotatable bonds is 5. The first-order chi connectivity index (χ1) is 14.6. The third kappa shape index (κ3) is 4.69. The van der Waals surface area contributed by atoms with Gasteiger partial charge in [-0.25, -0.2) is 18.0 Å². The standard InChI is InChI=1S/C22H21ClF3N3O2/c1-12(2)11-29(22(31)27-15-5-7-17(24)16(23)10-15)13(3)28-9-8-14-4-6-18(25)20(26)19(14)21(28)30/h4-10,12-13H,11H2,1-3H3,(H,27,31)/t13-/m0/s1. The first-order valence-corrected chi connectivity index (χ1v) is 9.99. The molecule has 0 bridgehead atoms. The van der Waals surface area contributed by atoms with Gasteiger partial charge in [0.05, 0.1) is 10.4 Å². The smallest absolute Gasteiger partial charge is 0.308 e. The summed E-state index contributed by atoms with van der Waals surface area (Å²) in [6.45, 7) is 5.64. The molecular weight excluding hydrogens is 431 g/mol. The van der Waals surface area contributed by atoms with Crippen LogP contribution in [-0.2, 0) is 0 Å². The molecule has 2 aromatic carbocycles. The van der Waals surface area contributed by atoms with E-state index >= 15 is 0 Å². The topological polar surface area (TPSA) is 54.3 Å². The highest BCUT2D eigenvalue weighted by Crippen LogP contribution is 2.23. The summed E-state index contributed by atoms with van der Waals surface area (Å²) in [7, 11) is 0. The van der Waals surface area contributed by atoms with Crippen molar-refractivity contribution in [2.45, 2.75) is 26.9 Å². The number of amides is 2. The van der Waals surface area contributed by atoms with Crippen LogP contribution in [0.5, 0.6) is 0 Å². The minimum absolute atomic E-state index is 0.0374. The summed E-state index contributed by atoms with van der Waals surface area (Å²) in [6, 6.07) is 6.96. The number of carbonyl (C=O) groups is 1. The summed E-state index contributed by atoms with van der Waals surface area (Å²) in [5.41, 5.74) is -0.482. The van der Waals surface area contributed by atoms with E-state index in [0.717, 1.165) is 12.1 Å². The minimum atomic E-state index is -1.23. The van der Waals surface area contributed by atoms with Gasteiger partial charge in [-0.05, 0) is 48.6 Å². The van der Waals surface area contributed by atoms with Gasteiger partial charge < -0.3 is 10.2 Å². The van der Waals surface area contributed by atoms with Crippen LogP contribution in [-0.4, -0.2) is 22.0 Å². The normalized spacial score (nSPS) is 12.3. The van der Waals surface area contributed by atoms with E-state index < -0.39 is 35.2 Å². The molecule has 3 rings (SSSR count). The maximum Gasteiger partial charge on any atom is 0.323 e. The van der Waals surface area contributed by atoms with Crippen molar-refractivity contribution < 1.29 is 18.0 Å². The number of nitrogens with one attached hydrogen (secondary N) is 1. The zero-order valence-corrected chi connectivity index (χ0v) is 17.9. The third-order valence-electron chi connectivity index (χ3n) is 4.84. The molecule has 0 spiro atoms.